The van der Waals surface area contributed by atoms with Crippen LogP contribution in [0.15, 0.2) is 24.3 Å². The van der Waals surface area contributed by atoms with Crippen LogP contribution < -0.4 is 0 Å². The topological polar surface area (TPSA) is 57.9 Å². The van der Waals surface area contributed by atoms with Gasteiger partial charge in [0, 0.05) is 0 Å². The summed E-state index contributed by atoms with van der Waals surface area (Å²) in [4.78, 5) is 0. The molecule has 0 aromatic heterocycles. The van der Waals surface area contributed by atoms with E-state index in [0.717, 1.165) is 0 Å². The number of nitrogens with zero attached hydrogens (tertiary/aromatic N) is 1. The molecule has 86 valence electrons. The average molecular weight is 249 g/mol. The molecule has 1 aromatic carbocycles. The number of hydrogen-bond acceptors (Lipinski definition) is 3. The molecule has 0 aliphatic heterocycles. The molecule has 16 heavy (non-hydrogen) atoms. The van der Waals surface area contributed by atoms with E-state index in [1.807, 2.05) is 0 Å². The van der Waals surface area contributed by atoms with Gasteiger partial charge >= 0.3 is 5.51 Å². The first-order valence-corrected chi connectivity index (χ1v) is 5.70. The second kappa shape index (κ2) is 4.14. The van der Waals surface area contributed by atoms with E-state index in [4.69, 9.17) is 5.26 Å². The van der Waals surface area contributed by atoms with Gasteiger partial charge in [-0.05, 0) is 11.6 Å². The Kier molecular flexibility index (Phi) is 3.24. The van der Waals surface area contributed by atoms with Crippen molar-refractivity contribution in [3.8, 4) is 6.07 Å². The fraction of sp³-hybridized carbons (Fsp3) is 0.222. The maximum absolute atomic E-state index is 12.1. The van der Waals surface area contributed by atoms with Crippen LogP contribution in [0.2, 0.25) is 0 Å². The molecule has 0 amide bonds. The Morgan fingerprint density at radius 2 is 1.81 bits per heavy atom. The van der Waals surface area contributed by atoms with E-state index in [1.54, 1.807) is 6.07 Å². The van der Waals surface area contributed by atoms with E-state index >= 15 is 0 Å². The van der Waals surface area contributed by atoms with Crippen molar-refractivity contribution in [1.82, 2.24) is 0 Å². The van der Waals surface area contributed by atoms with Crippen molar-refractivity contribution in [1.29, 1.82) is 5.26 Å². The molecule has 7 heteroatoms. The first-order chi connectivity index (χ1) is 7.28. The largest absolute Gasteiger partial charge is 0.497 e. The second-order valence-electron chi connectivity index (χ2n) is 2.97. The van der Waals surface area contributed by atoms with Gasteiger partial charge in [-0.1, -0.05) is 18.2 Å². The van der Waals surface area contributed by atoms with E-state index < -0.39 is 21.1 Å². The molecule has 0 aliphatic rings. The van der Waals surface area contributed by atoms with E-state index in [-0.39, 0.29) is 11.1 Å². The zero-order valence-corrected chi connectivity index (χ0v) is 8.64. The molecule has 3 nitrogen and oxygen atoms in total. The second-order valence-corrected chi connectivity index (χ2v) is 4.95. The Balaban J connectivity index is 3.13. The van der Waals surface area contributed by atoms with Crippen LogP contribution in [0, 0.1) is 11.3 Å². The van der Waals surface area contributed by atoms with Gasteiger partial charge in [0.25, 0.3) is 9.84 Å². The van der Waals surface area contributed by atoms with Gasteiger partial charge in [-0.25, -0.2) is 8.42 Å². The number of benzene rings is 1. The van der Waals surface area contributed by atoms with Crippen LogP contribution in [-0.4, -0.2) is 13.9 Å². The fourth-order valence-corrected chi connectivity index (χ4v) is 1.87. The van der Waals surface area contributed by atoms with Crippen LogP contribution in [0.3, 0.4) is 0 Å². The Bertz CT molecular complexity index is 528. The SMILES string of the molecule is N#Cc1ccccc1CS(=O)(=O)C(F)(F)F. The minimum atomic E-state index is -5.30. The summed E-state index contributed by atoms with van der Waals surface area (Å²) < 4.78 is 58.0. The zero-order chi connectivity index (χ0) is 12.4. The average Bonchev–Trinajstić information content (AvgIpc) is 2.16. The van der Waals surface area contributed by atoms with E-state index in [2.05, 4.69) is 0 Å². The minimum Gasteiger partial charge on any atom is -0.219 e. The lowest BCUT2D eigenvalue weighted by Crippen LogP contribution is -2.25. The van der Waals surface area contributed by atoms with Gasteiger partial charge in [-0.2, -0.15) is 18.4 Å². The summed E-state index contributed by atoms with van der Waals surface area (Å²) in [5.74, 6) is -1.21. The monoisotopic (exact) mass is 249 g/mol. The van der Waals surface area contributed by atoms with Gasteiger partial charge in [-0.3, -0.25) is 0 Å². The lowest BCUT2D eigenvalue weighted by molar-refractivity contribution is -0.0437. The summed E-state index contributed by atoms with van der Waals surface area (Å²) in [6, 6.07) is 6.91. The first kappa shape index (κ1) is 12.5. The van der Waals surface area contributed by atoms with Crippen LogP contribution in [0.1, 0.15) is 11.1 Å². The highest BCUT2D eigenvalue weighted by atomic mass is 32.2. The van der Waals surface area contributed by atoms with Gasteiger partial charge < -0.3 is 0 Å². The predicted octanol–water partition coefficient (Wildman–Crippen LogP) is 1.99. The van der Waals surface area contributed by atoms with Crippen molar-refractivity contribution in [2.24, 2.45) is 0 Å². The highest BCUT2D eigenvalue weighted by Gasteiger charge is 2.45. The summed E-state index contributed by atoms with van der Waals surface area (Å²) in [7, 11) is -5.23. The Morgan fingerprint density at radius 1 is 1.25 bits per heavy atom. The van der Waals surface area contributed by atoms with Crippen LogP contribution in [0.4, 0.5) is 13.2 Å². The van der Waals surface area contributed by atoms with Crippen LogP contribution >= 0.6 is 0 Å². The molecule has 0 fully saturated rings. The molecule has 1 rings (SSSR count). The number of rotatable bonds is 2. The van der Waals surface area contributed by atoms with Crippen molar-refractivity contribution in [3.05, 3.63) is 35.4 Å². The molecule has 0 N–H and O–H groups in total. The molecule has 0 bridgehead atoms. The maximum atomic E-state index is 12.1. The van der Waals surface area contributed by atoms with Crippen molar-refractivity contribution in [2.45, 2.75) is 11.3 Å². The molecule has 0 saturated carbocycles. The van der Waals surface area contributed by atoms with Crippen LogP contribution in [-0.2, 0) is 15.6 Å². The van der Waals surface area contributed by atoms with Gasteiger partial charge in [0.1, 0.15) is 0 Å². The Hall–Kier alpha value is -1.55. The number of alkyl halides is 3. The summed E-state index contributed by atoms with van der Waals surface area (Å²) in [6.45, 7) is 0. The molecule has 0 spiro atoms. The first-order valence-electron chi connectivity index (χ1n) is 4.05. The number of hydrogen-bond donors (Lipinski definition) is 0. The zero-order valence-electron chi connectivity index (χ0n) is 7.82. The van der Waals surface area contributed by atoms with E-state index in [1.165, 1.54) is 24.3 Å². The fourth-order valence-electron chi connectivity index (χ4n) is 1.04. The van der Waals surface area contributed by atoms with Crippen molar-refractivity contribution in [3.63, 3.8) is 0 Å². The lowest BCUT2D eigenvalue weighted by Gasteiger charge is -2.08. The van der Waals surface area contributed by atoms with Crippen molar-refractivity contribution in [2.75, 3.05) is 0 Å². The third-order valence-electron chi connectivity index (χ3n) is 1.84. The quantitative estimate of drug-likeness (QED) is 0.805. The Morgan fingerprint density at radius 3 is 2.31 bits per heavy atom. The summed E-state index contributed by atoms with van der Waals surface area (Å²) in [5, 5.41) is 8.59. The van der Waals surface area contributed by atoms with Gasteiger partial charge in [0.05, 0.1) is 17.4 Å². The van der Waals surface area contributed by atoms with Crippen LogP contribution in [0.25, 0.3) is 0 Å². The maximum Gasteiger partial charge on any atom is 0.497 e. The molecule has 0 heterocycles. The van der Waals surface area contributed by atoms with Crippen molar-refractivity contribution < 1.29 is 21.6 Å². The molecule has 0 unspecified atom stereocenters. The van der Waals surface area contributed by atoms with Gasteiger partial charge in [-0.15, -0.1) is 0 Å². The highest BCUT2D eigenvalue weighted by Crippen LogP contribution is 2.27. The van der Waals surface area contributed by atoms with Crippen molar-refractivity contribution >= 4 is 9.84 Å². The number of nitriles is 1. The molecule has 1 aromatic rings. The van der Waals surface area contributed by atoms with Crippen LogP contribution in [0.5, 0.6) is 0 Å². The molecular weight excluding hydrogens is 243 g/mol. The third-order valence-corrected chi connectivity index (χ3v) is 3.23. The Labute approximate surface area is 90.0 Å². The molecule has 0 aliphatic carbocycles. The summed E-state index contributed by atoms with van der Waals surface area (Å²) in [6.07, 6.45) is 0. The molecule has 0 saturated heterocycles. The number of halogens is 3. The van der Waals surface area contributed by atoms with E-state index in [0.29, 0.717) is 0 Å². The predicted molar refractivity (Wildman–Crippen MR) is 49.8 cm³/mol. The highest BCUT2D eigenvalue weighted by molar-refractivity contribution is 7.91. The minimum absolute atomic E-state index is 0.0738. The molecular formula is C9H6F3NO2S. The lowest BCUT2D eigenvalue weighted by atomic mass is 10.1. The normalized spacial score (nSPS) is 12.1. The van der Waals surface area contributed by atoms with Gasteiger partial charge in [0.15, 0.2) is 0 Å². The molecule has 0 radical (unpaired) electrons. The standard InChI is InChI=1S/C9H6F3NO2S/c10-9(11,12)16(14,15)6-8-4-2-1-3-7(8)5-13/h1-4H,6H2. The smallest absolute Gasteiger partial charge is 0.219 e. The van der Waals surface area contributed by atoms with E-state index in [9.17, 15) is 21.6 Å². The van der Waals surface area contributed by atoms with Gasteiger partial charge in [0.2, 0.25) is 0 Å². The molecule has 0 atom stereocenters. The summed E-state index contributed by atoms with van der Waals surface area (Å²) in [5.41, 5.74) is -5.52. The summed E-state index contributed by atoms with van der Waals surface area (Å²) >= 11 is 0. The third kappa shape index (κ3) is 2.52. The number of sulfone groups is 1.